The SMILES string of the molecule is CC[C@@H](C(=O)NC[C@H](C)c1ccsc1)N1CCCC1=O. The Balaban J connectivity index is 1.88. The third kappa shape index (κ3) is 3.39. The van der Waals surface area contributed by atoms with Crippen LogP contribution in [0.3, 0.4) is 0 Å². The number of nitrogens with zero attached hydrogens (tertiary/aromatic N) is 1. The molecule has 4 nitrogen and oxygen atoms in total. The Morgan fingerprint density at radius 1 is 1.55 bits per heavy atom. The van der Waals surface area contributed by atoms with Crippen molar-refractivity contribution in [2.24, 2.45) is 0 Å². The first-order valence-corrected chi connectivity index (χ1v) is 8.17. The minimum atomic E-state index is -0.306. The molecule has 0 radical (unpaired) electrons. The zero-order chi connectivity index (χ0) is 14.5. The van der Waals surface area contributed by atoms with Gasteiger partial charge in [0.15, 0.2) is 0 Å². The summed E-state index contributed by atoms with van der Waals surface area (Å²) < 4.78 is 0. The maximum Gasteiger partial charge on any atom is 0.242 e. The molecule has 0 unspecified atom stereocenters. The van der Waals surface area contributed by atoms with E-state index in [-0.39, 0.29) is 17.9 Å². The van der Waals surface area contributed by atoms with Gasteiger partial charge in [0.1, 0.15) is 6.04 Å². The van der Waals surface area contributed by atoms with Crippen LogP contribution in [0.1, 0.15) is 44.6 Å². The molecule has 0 bridgehead atoms. The van der Waals surface area contributed by atoms with E-state index in [1.165, 1.54) is 5.56 Å². The second-order valence-electron chi connectivity index (χ2n) is 5.32. The lowest BCUT2D eigenvalue weighted by Gasteiger charge is -2.26. The Kier molecular flexibility index (Phi) is 5.17. The molecule has 0 saturated carbocycles. The lowest BCUT2D eigenvalue weighted by atomic mass is 10.0. The molecule has 2 heterocycles. The highest BCUT2D eigenvalue weighted by molar-refractivity contribution is 7.07. The molecule has 1 aromatic heterocycles. The van der Waals surface area contributed by atoms with Crippen molar-refractivity contribution in [1.82, 2.24) is 10.2 Å². The van der Waals surface area contributed by atoms with Crippen molar-refractivity contribution in [1.29, 1.82) is 0 Å². The average molecular weight is 294 g/mol. The number of rotatable bonds is 6. The maximum atomic E-state index is 12.3. The molecule has 2 rings (SSSR count). The van der Waals surface area contributed by atoms with Crippen LogP contribution in [0.4, 0.5) is 0 Å². The highest BCUT2D eigenvalue weighted by Gasteiger charge is 2.31. The maximum absolute atomic E-state index is 12.3. The van der Waals surface area contributed by atoms with Gasteiger partial charge in [-0.3, -0.25) is 9.59 Å². The molecule has 0 aliphatic carbocycles. The third-order valence-corrected chi connectivity index (χ3v) is 4.57. The van der Waals surface area contributed by atoms with Crippen molar-refractivity contribution in [3.63, 3.8) is 0 Å². The first-order chi connectivity index (χ1) is 9.63. The second kappa shape index (κ2) is 6.88. The number of amides is 2. The third-order valence-electron chi connectivity index (χ3n) is 3.87. The number of hydrogen-bond donors (Lipinski definition) is 1. The number of carbonyl (C=O) groups excluding carboxylic acids is 2. The molecular formula is C15H22N2O2S. The minimum Gasteiger partial charge on any atom is -0.354 e. The van der Waals surface area contributed by atoms with Crippen LogP contribution in [0.2, 0.25) is 0 Å². The van der Waals surface area contributed by atoms with E-state index in [1.54, 1.807) is 16.2 Å². The quantitative estimate of drug-likeness (QED) is 0.875. The molecule has 1 saturated heterocycles. The number of nitrogens with one attached hydrogen (secondary N) is 1. The minimum absolute atomic E-state index is 0.0233. The van der Waals surface area contributed by atoms with Crippen molar-refractivity contribution in [2.75, 3.05) is 13.1 Å². The summed E-state index contributed by atoms with van der Waals surface area (Å²) in [6.07, 6.45) is 2.12. The normalized spacial score (nSPS) is 18.1. The highest BCUT2D eigenvalue weighted by Crippen LogP contribution is 2.18. The fourth-order valence-electron chi connectivity index (χ4n) is 2.59. The summed E-state index contributed by atoms with van der Waals surface area (Å²) >= 11 is 1.67. The summed E-state index contributed by atoms with van der Waals surface area (Å²) in [7, 11) is 0. The van der Waals surface area contributed by atoms with Gasteiger partial charge in [0.2, 0.25) is 11.8 Å². The Labute approximate surface area is 124 Å². The molecule has 110 valence electrons. The van der Waals surface area contributed by atoms with Gasteiger partial charge in [-0.25, -0.2) is 0 Å². The number of likely N-dealkylation sites (tertiary alicyclic amines) is 1. The molecule has 0 spiro atoms. The van der Waals surface area contributed by atoms with E-state index >= 15 is 0 Å². The van der Waals surface area contributed by atoms with Crippen LogP contribution < -0.4 is 5.32 Å². The van der Waals surface area contributed by atoms with Crippen molar-refractivity contribution in [3.05, 3.63) is 22.4 Å². The molecule has 1 aromatic rings. The van der Waals surface area contributed by atoms with Crippen LogP contribution in [0.5, 0.6) is 0 Å². The Morgan fingerprint density at radius 2 is 2.35 bits per heavy atom. The summed E-state index contributed by atoms with van der Waals surface area (Å²) in [4.78, 5) is 25.8. The van der Waals surface area contributed by atoms with Crippen LogP contribution in [-0.4, -0.2) is 35.8 Å². The van der Waals surface area contributed by atoms with Crippen LogP contribution in [0.15, 0.2) is 16.8 Å². The van der Waals surface area contributed by atoms with Crippen molar-refractivity contribution >= 4 is 23.2 Å². The zero-order valence-corrected chi connectivity index (χ0v) is 12.9. The van der Waals surface area contributed by atoms with E-state index < -0.39 is 0 Å². The molecule has 1 aliphatic rings. The van der Waals surface area contributed by atoms with Crippen molar-refractivity contribution in [3.8, 4) is 0 Å². The second-order valence-corrected chi connectivity index (χ2v) is 6.10. The molecule has 1 fully saturated rings. The van der Waals surface area contributed by atoms with Gasteiger partial charge in [-0.1, -0.05) is 13.8 Å². The van der Waals surface area contributed by atoms with E-state index in [4.69, 9.17) is 0 Å². The van der Waals surface area contributed by atoms with E-state index in [0.29, 0.717) is 31.8 Å². The summed E-state index contributed by atoms with van der Waals surface area (Å²) in [5.74, 6) is 0.389. The van der Waals surface area contributed by atoms with Gasteiger partial charge in [-0.15, -0.1) is 0 Å². The van der Waals surface area contributed by atoms with Gasteiger partial charge in [0.05, 0.1) is 0 Å². The van der Waals surface area contributed by atoms with Crippen molar-refractivity contribution in [2.45, 2.75) is 45.1 Å². The van der Waals surface area contributed by atoms with Gasteiger partial charge in [0.25, 0.3) is 0 Å². The van der Waals surface area contributed by atoms with E-state index in [2.05, 4.69) is 23.7 Å². The Bertz CT molecular complexity index is 458. The van der Waals surface area contributed by atoms with E-state index in [1.807, 2.05) is 12.3 Å². The fraction of sp³-hybridized carbons (Fsp3) is 0.600. The smallest absolute Gasteiger partial charge is 0.242 e. The van der Waals surface area contributed by atoms with Crippen LogP contribution in [0.25, 0.3) is 0 Å². The van der Waals surface area contributed by atoms with Crippen LogP contribution in [-0.2, 0) is 9.59 Å². The van der Waals surface area contributed by atoms with Crippen molar-refractivity contribution < 1.29 is 9.59 Å². The average Bonchev–Trinajstić information content (AvgIpc) is 3.09. The summed E-state index contributed by atoms with van der Waals surface area (Å²) in [5, 5.41) is 7.15. The molecule has 0 aromatic carbocycles. The van der Waals surface area contributed by atoms with Gasteiger partial charge >= 0.3 is 0 Å². The number of carbonyl (C=O) groups is 2. The molecule has 20 heavy (non-hydrogen) atoms. The molecule has 1 N–H and O–H groups in total. The predicted octanol–water partition coefficient (Wildman–Crippen LogP) is 2.37. The standard InChI is InChI=1S/C15H22N2O2S/c1-3-13(17-7-4-5-14(17)18)15(19)16-9-11(2)12-6-8-20-10-12/h6,8,10-11,13H,3-5,7,9H2,1-2H3,(H,16,19)/t11-,13-/m0/s1. The van der Waals surface area contributed by atoms with Gasteiger partial charge < -0.3 is 10.2 Å². The largest absolute Gasteiger partial charge is 0.354 e. The van der Waals surface area contributed by atoms with Crippen LogP contribution in [0, 0.1) is 0 Å². The van der Waals surface area contributed by atoms with Gasteiger partial charge in [0, 0.05) is 19.5 Å². The number of hydrogen-bond acceptors (Lipinski definition) is 3. The lowest BCUT2D eigenvalue weighted by molar-refractivity contribution is -0.137. The zero-order valence-electron chi connectivity index (χ0n) is 12.1. The monoisotopic (exact) mass is 294 g/mol. The van der Waals surface area contributed by atoms with Gasteiger partial charge in [-0.2, -0.15) is 11.3 Å². The molecule has 2 amide bonds. The fourth-order valence-corrected chi connectivity index (χ4v) is 3.37. The summed E-state index contributed by atoms with van der Waals surface area (Å²) in [6, 6.07) is 1.78. The van der Waals surface area contributed by atoms with E-state index in [9.17, 15) is 9.59 Å². The first-order valence-electron chi connectivity index (χ1n) is 7.22. The van der Waals surface area contributed by atoms with Gasteiger partial charge in [-0.05, 0) is 41.1 Å². The molecular weight excluding hydrogens is 272 g/mol. The topological polar surface area (TPSA) is 49.4 Å². The lowest BCUT2D eigenvalue weighted by Crippen LogP contribution is -2.47. The molecule has 1 aliphatic heterocycles. The number of thiophene rings is 1. The summed E-state index contributed by atoms with van der Waals surface area (Å²) in [5.41, 5.74) is 1.25. The highest BCUT2D eigenvalue weighted by atomic mass is 32.1. The Morgan fingerprint density at radius 3 is 2.90 bits per heavy atom. The Hall–Kier alpha value is -1.36. The van der Waals surface area contributed by atoms with E-state index in [0.717, 1.165) is 6.42 Å². The first kappa shape index (κ1) is 15.0. The molecule has 5 heteroatoms. The summed E-state index contributed by atoms with van der Waals surface area (Å²) in [6.45, 7) is 5.39. The van der Waals surface area contributed by atoms with Crippen LogP contribution >= 0.6 is 11.3 Å². The predicted molar refractivity (Wildman–Crippen MR) is 80.8 cm³/mol. The molecule has 2 atom stereocenters.